The van der Waals surface area contributed by atoms with E-state index >= 15 is 0 Å². The van der Waals surface area contributed by atoms with Crippen molar-refractivity contribution < 1.29 is 4.79 Å². The second-order valence-electron chi connectivity index (χ2n) is 8.94. The Labute approximate surface area is 211 Å². The van der Waals surface area contributed by atoms with E-state index in [1.54, 1.807) is 6.20 Å². The van der Waals surface area contributed by atoms with Crippen molar-refractivity contribution in [2.24, 2.45) is 0 Å². The third-order valence-corrected chi connectivity index (χ3v) is 6.50. The van der Waals surface area contributed by atoms with E-state index < -0.39 is 0 Å². The summed E-state index contributed by atoms with van der Waals surface area (Å²) >= 11 is 0. The van der Waals surface area contributed by atoms with Crippen LogP contribution in [0.4, 0.5) is 0 Å². The summed E-state index contributed by atoms with van der Waals surface area (Å²) in [4.78, 5) is 19.7. The average Bonchev–Trinajstić information content (AvgIpc) is 3.26. The van der Waals surface area contributed by atoms with E-state index in [1.165, 1.54) is 0 Å². The largest absolute Gasteiger partial charge is 0.339 e. The van der Waals surface area contributed by atoms with Gasteiger partial charge in [-0.05, 0) is 43.2 Å². The second kappa shape index (κ2) is 10.1. The zero-order valence-corrected chi connectivity index (χ0v) is 20.6. The standard InChI is InChI=1S/C31H28N4O/c1-3-16-34(17-4-2)31(36)23-11-9-10-22(18-23)27-19-30(24(20-32)21-33-27)35-28-14-7-5-12-25(28)26-13-6-8-15-29(26)35/h5-15,18-19,21H,3-4,16-17H2,1-2H3. The Hall–Kier alpha value is -4.43. The van der Waals surface area contributed by atoms with Crippen LogP contribution in [-0.4, -0.2) is 33.4 Å². The SMILES string of the molecule is CCCN(CCC)C(=O)c1cccc(-c2cc(-n3c4ccccc4c4ccccc43)c(C#N)cn2)c1. The first-order valence-corrected chi connectivity index (χ1v) is 12.4. The first-order valence-electron chi connectivity index (χ1n) is 12.4. The molecule has 5 rings (SSSR count). The number of aromatic nitrogens is 2. The van der Waals surface area contributed by atoms with Crippen molar-refractivity contribution in [1.82, 2.24) is 14.5 Å². The molecule has 0 unspecified atom stereocenters. The molecule has 2 heterocycles. The maximum atomic E-state index is 13.2. The summed E-state index contributed by atoms with van der Waals surface area (Å²) in [6.45, 7) is 5.65. The van der Waals surface area contributed by atoms with Gasteiger partial charge in [0.05, 0.1) is 28.0 Å². The summed E-state index contributed by atoms with van der Waals surface area (Å²) in [7, 11) is 0. The maximum Gasteiger partial charge on any atom is 0.253 e. The Morgan fingerprint density at radius 2 is 1.53 bits per heavy atom. The molecule has 0 saturated heterocycles. The average molecular weight is 473 g/mol. The predicted molar refractivity (Wildman–Crippen MR) is 145 cm³/mol. The number of carbonyl (C=O) groups excluding carboxylic acids is 1. The lowest BCUT2D eigenvalue weighted by atomic mass is 10.0. The number of benzene rings is 3. The van der Waals surface area contributed by atoms with Crippen LogP contribution in [-0.2, 0) is 0 Å². The van der Waals surface area contributed by atoms with Crippen molar-refractivity contribution in [3.63, 3.8) is 0 Å². The molecule has 5 heteroatoms. The van der Waals surface area contributed by atoms with Gasteiger partial charge in [0, 0.05) is 41.2 Å². The molecule has 1 amide bonds. The molecule has 0 aliphatic carbocycles. The van der Waals surface area contributed by atoms with E-state index in [1.807, 2.05) is 59.5 Å². The minimum absolute atomic E-state index is 0.0387. The highest BCUT2D eigenvalue weighted by Crippen LogP contribution is 2.34. The Morgan fingerprint density at radius 1 is 0.889 bits per heavy atom. The van der Waals surface area contributed by atoms with Gasteiger partial charge in [-0.15, -0.1) is 0 Å². The van der Waals surface area contributed by atoms with Crippen molar-refractivity contribution >= 4 is 27.7 Å². The van der Waals surface area contributed by atoms with Gasteiger partial charge in [-0.3, -0.25) is 9.78 Å². The van der Waals surface area contributed by atoms with Crippen LogP contribution >= 0.6 is 0 Å². The molecule has 0 N–H and O–H groups in total. The van der Waals surface area contributed by atoms with E-state index in [0.717, 1.165) is 64.7 Å². The summed E-state index contributed by atoms with van der Waals surface area (Å²) in [5.41, 5.74) is 5.55. The Kier molecular flexibility index (Phi) is 6.51. The lowest BCUT2D eigenvalue weighted by Gasteiger charge is -2.21. The zero-order chi connectivity index (χ0) is 25.1. The summed E-state index contributed by atoms with van der Waals surface area (Å²) in [6.07, 6.45) is 3.47. The van der Waals surface area contributed by atoms with Crippen molar-refractivity contribution in [2.45, 2.75) is 26.7 Å². The number of pyridine rings is 1. The molecular formula is C31H28N4O. The number of rotatable bonds is 7. The normalized spacial score (nSPS) is 11.0. The number of carbonyl (C=O) groups is 1. The smallest absolute Gasteiger partial charge is 0.253 e. The predicted octanol–water partition coefficient (Wildman–Crippen LogP) is 6.98. The molecule has 0 saturated carbocycles. The number of para-hydroxylation sites is 2. The summed E-state index contributed by atoms with van der Waals surface area (Å²) in [5, 5.41) is 12.2. The highest BCUT2D eigenvalue weighted by atomic mass is 16.2. The van der Waals surface area contributed by atoms with Gasteiger partial charge in [-0.25, -0.2) is 0 Å². The van der Waals surface area contributed by atoms with Gasteiger partial charge in [-0.1, -0.05) is 62.4 Å². The number of fused-ring (bicyclic) bond motifs is 3. The van der Waals surface area contributed by atoms with E-state index in [4.69, 9.17) is 0 Å². The summed E-state index contributed by atoms with van der Waals surface area (Å²) in [6, 6.07) is 28.4. The molecule has 36 heavy (non-hydrogen) atoms. The third-order valence-electron chi connectivity index (χ3n) is 6.50. The van der Waals surface area contributed by atoms with Crippen molar-refractivity contribution in [1.29, 1.82) is 5.26 Å². The third kappa shape index (κ3) is 4.12. The first-order chi connectivity index (χ1) is 17.7. The number of nitriles is 1. The van der Waals surface area contributed by atoms with E-state index in [9.17, 15) is 10.1 Å². The Morgan fingerprint density at radius 3 is 2.14 bits per heavy atom. The van der Waals surface area contributed by atoms with Crippen LogP contribution in [0.3, 0.4) is 0 Å². The molecule has 0 radical (unpaired) electrons. The highest BCUT2D eigenvalue weighted by Gasteiger charge is 2.18. The molecule has 0 bridgehead atoms. The van der Waals surface area contributed by atoms with Crippen LogP contribution in [0.1, 0.15) is 42.6 Å². The van der Waals surface area contributed by atoms with Crippen LogP contribution in [0, 0.1) is 11.3 Å². The molecule has 0 aliphatic heterocycles. The van der Waals surface area contributed by atoms with Crippen molar-refractivity contribution in [2.75, 3.05) is 13.1 Å². The molecule has 0 aliphatic rings. The fourth-order valence-corrected chi connectivity index (χ4v) is 4.90. The fourth-order valence-electron chi connectivity index (χ4n) is 4.90. The van der Waals surface area contributed by atoms with Gasteiger partial charge in [0.1, 0.15) is 6.07 Å². The molecule has 2 aromatic heterocycles. The van der Waals surface area contributed by atoms with E-state index in [2.05, 4.69) is 53.7 Å². The van der Waals surface area contributed by atoms with Crippen molar-refractivity contribution in [3.8, 4) is 23.0 Å². The topological polar surface area (TPSA) is 61.9 Å². The molecule has 5 nitrogen and oxygen atoms in total. The molecular weight excluding hydrogens is 444 g/mol. The van der Waals surface area contributed by atoms with Crippen LogP contribution in [0.2, 0.25) is 0 Å². The Bertz CT molecular complexity index is 1550. The fraction of sp³-hybridized carbons (Fsp3) is 0.194. The number of hydrogen-bond acceptors (Lipinski definition) is 3. The molecule has 0 fully saturated rings. The van der Waals surface area contributed by atoms with Crippen LogP contribution in [0.25, 0.3) is 38.8 Å². The van der Waals surface area contributed by atoms with Crippen LogP contribution in [0.5, 0.6) is 0 Å². The first kappa shape index (κ1) is 23.3. The maximum absolute atomic E-state index is 13.2. The molecule has 0 spiro atoms. The lowest BCUT2D eigenvalue weighted by Crippen LogP contribution is -2.32. The Balaban J connectivity index is 1.65. The summed E-state index contributed by atoms with van der Waals surface area (Å²) in [5.74, 6) is 0.0387. The van der Waals surface area contributed by atoms with Crippen molar-refractivity contribution in [3.05, 3.63) is 96.2 Å². The van der Waals surface area contributed by atoms with Crippen LogP contribution in [0.15, 0.2) is 85.1 Å². The number of amides is 1. The van der Waals surface area contributed by atoms with Crippen LogP contribution < -0.4 is 0 Å². The van der Waals surface area contributed by atoms with Gasteiger partial charge in [0.2, 0.25) is 0 Å². The minimum atomic E-state index is 0.0387. The monoisotopic (exact) mass is 472 g/mol. The second-order valence-corrected chi connectivity index (χ2v) is 8.94. The number of nitrogens with zero attached hydrogens (tertiary/aromatic N) is 4. The molecule has 0 atom stereocenters. The molecule has 3 aromatic carbocycles. The quantitative estimate of drug-likeness (QED) is 0.257. The highest BCUT2D eigenvalue weighted by molar-refractivity contribution is 6.09. The van der Waals surface area contributed by atoms with Gasteiger partial charge in [0.15, 0.2) is 0 Å². The van der Waals surface area contributed by atoms with Gasteiger partial charge < -0.3 is 9.47 Å². The van der Waals surface area contributed by atoms with Gasteiger partial charge in [-0.2, -0.15) is 5.26 Å². The minimum Gasteiger partial charge on any atom is -0.339 e. The summed E-state index contributed by atoms with van der Waals surface area (Å²) < 4.78 is 2.13. The number of hydrogen-bond donors (Lipinski definition) is 0. The lowest BCUT2D eigenvalue weighted by molar-refractivity contribution is 0.0755. The van der Waals surface area contributed by atoms with E-state index in [-0.39, 0.29) is 5.91 Å². The molecule has 5 aromatic rings. The van der Waals surface area contributed by atoms with E-state index in [0.29, 0.717) is 11.1 Å². The van der Waals surface area contributed by atoms with Gasteiger partial charge >= 0.3 is 0 Å². The molecule has 178 valence electrons. The zero-order valence-electron chi connectivity index (χ0n) is 20.6. The van der Waals surface area contributed by atoms with Gasteiger partial charge in [0.25, 0.3) is 5.91 Å².